The van der Waals surface area contributed by atoms with Crippen LogP contribution < -0.4 is 0 Å². The predicted octanol–water partition coefficient (Wildman–Crippen LogP) is 3.62. The Morgan fingerprint density at radius 3 is 2.71 bits per heavy atom. The van der Waals surface area contributed by atoms with Gasteiger partial charge >= 0.3 is 0 Å². The summed E-state index contributed by atoms with van der Waals surface area (Å²) in [4.78, 5) is 0. The molecule has 1 aromatic carbocycles. The van der Waals surface area contributed by atoms with Crippen LogP contribution in [0, 0.1) is 4.77 Å². The topological polar surface area (TPSA) is 33.6 Å². The van der Waals surface area contributed by atoms with Gasteiger partial charge in [-0.1, -0.05) is 39.0 Å². The van der Waals surface area contributed by atoms with E-state index in [1.807, 2.05) is 10.6 Å². The second-order valence-electron chi connectivity index (χ2n) is 4.36. The molecule has 0 aliphatic rings. The molecule has 0 atom stereocenters. The molecule has 17 heavy (non-hydrogen) atoms. The van der Waals surface area contributed by atoms with Gasteiger partial charge in [-0.2, -0.15) is 5.10 Å². The van der Waals surface area contributed by atoms with Gasteiger partial charge in [0, 0.05) is 5.92 Å². The van der Waals surface area contributed by atoms with E-state index >= 15 is 0 Å². The fourth-order valence-corrected chi connectivity index (χ4v) is 2.19. The Hall–Kier alpha value is -1.42. The minimum Gasteiger partial charge on any atom is -0.272 e. The summed E-state index contributed by atoms with van der Waals surface area (Å²) in [6, 6.07) is 8.32. The first-order valence-electron chi connectivity index (χ1n) is 5.90. The van der Waals surface area contributed by atoms with E-state index in [4.69, 9.17) is 12.2 Å². The smallest absolute Gasteiger partial charge is 0.199 e. The van der Waals surface area contributed by atoms with Crippen LogP contribution in [-0.2, 0) is 6.42 Å². The molecule has 0 bridgehead atoms. The zero-order valence-electron chi connectivity index (χ0n) is 10.4. The molecule has 0 spiro atoms. The molecule has 0 fully saturated rings. The lowest BCUT2D eigenvalue weighted by molar-refractivity contribution is 0.741. The Balaban J connectivity index is 2.68. The van der Waals surface area contributed by atoms with E-state index in [-0.39, 0.29) is 0 Å². The Bertz CT molecular complexity index is 566. The maximum absolute atomic E-state index is 5.33. The summed E-state index contributed by atoms with van der Waals surface area (Å²) in [5, 5.41) is 7.20. The molecule has 90 valence electrons. The molecule has 1 heterocycles. The third kappa shape index (κ3) is 2.17. The average molecular weight is 247 g/mol. The van der Waals surface area contributed by atoms with Crippen molar-refractivity contribution in [2.75, 3.05) is 0 Å². The van der Waals surface area contributed by atoms with E-state index in [1.165, 1.54) is 5.56 Å². The number of hydrogen-bond acceptors (Lipinski definition) is 2. The van der Waals surface area contributed by atoms with E-state index in [0.717, 1.165) is 17.9 Å². The molecule has 4 heteroatoms. The van der Waals surface area contributed by atoms with Crippen LogP contribution in [0.3, 0.4) is 0 Å². The van der Waals surface area contributed by atoms with Crippen LogP contribution in [0.1, 0.15) is 38.1 Å². The van der Waals surface area contributed by atoms with Crippen molar-refractivity contribution in [1.82, 2.24) is 14.8 Å². The summed E-state index contributed by atoms with van der Waals surface area (Å²) in [6.07, 6.45) is 0.987. The highest BCUT2D eigenvalue weighted by Gasteiger charge is 2.13. The van der Waals surface area contributed by atoms with Gasteiger partial charge in [-0.3, -0.25) is 9.67 Å². The zero-order chi connectivity index (χ0) is 12.4. The lowest BCUT2D eigenvalue weighted by Gasteiger charge is -2.12. The van der Waals surface area contributed by atoms with Gasteiger partial charge in [-0.15, -0.1) is 0 Å². The highest BCUT2D eigenvalue weighted by Crippen LogP contribution is 2.21. The number of benzene rings is 1. The molecule has 0 saturated carbocycles. The Morgan fingerprint density at radius 2 is 2.06 bits per heavy atom. The van der Waals surface area contributed by atoms with Crippen LogP contribution in [0.5, 0.6) is 0 Å². The third-order valence-electron chi connectivity index (χ3n) is 2.83. The summed E-state index contributed by atoms with van der Waals surface area (Å²) >= 11 is 5.33. The number of para-hydroxylation sites is 1. The van der Waals surface area contributed by atoms with Crippen LogP contribution in [-0.4, -0.2) is 14.8 Å². The number of hydrogen-bond donors (Lipinski definition) is 1. The van der Waals surface area contributed by atoms with Crippen molar-refractivity contribution in [2.24, 2.45) is 0 Å². The van der Waals surface area contributed by atoms with Crippen molar-refractivity contribution >= 4 is 12.2 Å². The first kappa shape index (κ1) is 12.0. The van der Waals surface area contributed by atoms with Gasteiger partial charge < -0.3 is 0 Å². The number of rotatable bonds is 3. The van der Waals surface area contributed by atoms with Crippen molar-refractivity contribution in [3.8, 4) is 5.69 Å². The van der Waals surface area contributed by atoms with Gasteiger partial charge in [-0.05, 0) is 30.3 Å². The molecule has 0 radical (unpaired) electrons. The van der Waals surface area contributed by atoms with E-state index < -0.39 is 0 Å². The fourth-order valence-electron chi connectivity index (χ4n) is 1.96. The Morgan fingerprint density at radius 1 is 1.35 bits per heavy atom. The van der Waals surface area contributed by atoms with Crippen LogP contribution in [0.15, 0.2) is 24.3 Å². The number of aromatic nitrogens is 3. The first-order chi connectivity index (χ1) is 8.15. The normalized spacial score (nSPS) is 11.1. The van der Waals surface area contributed by atoms with Crippen molar-refractivity contribution in [3.05, 3.63) is 40.4 Å². The maximum Gasteiger partial charge on any atom is 0.199 e. The summed E-state index contributed by atoms with van der Waals surface area (Å²) in [5.41, 5.74) is 2.42. The van der Waals surface area contributed by atoms with Gasteiger partial charge in [0.05, 0.1) is 5.69 Å². The molecule has 0 unspecified atom stereocenters. The monoisotopic (exact) mass is 247 g/mol. The molecular formula is C13H17N3S. The third-order valence-corrected chi connectivity index (χ3v) is 3.10. The summed E-state index contributed by atoms with van der Waals surface area (Å²) in [7, 11) is 0. The van der Waals surface area contributed by atoms with E-state index in [2.05, 4.69) is 49.2 Å². The zero-order valence-corrected chi connectivity index (χ0v) is 11.2. The largest absolute Gasteiger partial charge is 0.272 e. The summed E-state index contributed by atoms with van der Waals surface area (Å²) < 4.78 is 2.70. The van der Waals surface area contributed by atoms with Crippen LogP contribution >= 0.6 is 12.2 Å². The molecule has 0 amide bonds. The number of H-pyrrole nitrogens is 1. The van der Waals surface area contributed by atoms with Crippen LogP contribution in [0.4, 0.5) is 0 Å². The molecule has 1 aromatic heterocycles. The minimum absolute atomic E-state index is 0.341. The SMILES string of the molecule is CCc1ccccc1-n1c(C(C)C)n[nH]c1=S. The first-order valence-corrected chi connectivity index (χ1v) is 6.31. The van der Waals surface area contributed by atoms with Gasteiger partial charge in [0.2, 0.25) is 0 Å². The van der Waals surface area contributed by atoms with Gasteiger partial charge in [0.1, 0.15) is 5.82 Å². The molecule has 0 saturated heterocycles. The van der Waals surface area contributed by atoms with Crippen LogP contribution in [0.25, 0.3) is 5.69 Å². The van der Waals surface area contributed by atoms with Gasteiger partial charge in [-0.25, -0.2) is 0 Å². The number of aryl methyl sites for hydroxylation is 1. The quantitative estimate of drug-likeness (QED) is 0.840. The minimum atomic E-state index is 0.341. The standard InChI is InChI=1S/C13H17N3S/c1-4-10-7-5-6-8-11(10)16-12(9(2)3)14-15-13(16)17/h5-9H,4H2,1-3H3,(H,15,17). The van der Waals surface area contributed by atoms with Gasteiger partial charge in [0.15, 0.2) is 4.77 Å². The number of aromatic amines is 1. The summed E-state index contributed by atoms with van der Waals surface area (Å²) in [6.45, 7) is 6.39. The maximum atomic E-state index is 5.33. The van der Waals surface area contributed by atoms with E-state index in [0.29, 0.717) is 10.7 Å². The van der Waals surface area contributed by atoms with Crippen molar-refractivity contribution in [3.63, 3.8) is 0 Å². The molecule has 3 nitrogen and oxygen atoms in total. The Kier molecular flexibility index (Phi) is 3.43. The van der Waals surface area contributed by atoms with Crippen molar-refractivity contribution in [1.29, 1.82) is 0 Å². The second-order valence-corrected chi connectivity index (χ2v) is 4.75. The highest BCUT2D eigenvalue weighted by atomic mass is 32.1. The highest BCUT2D eigenvalue weighted by molar-refractivity contribution is 7.71. The van der Waals surface area contributed by atoms with E-state index in [1.54, 1.807) is 0 Å². The van der Waals surface area contributed by atoms with E-state index in [9.17, 15) is 0 Å². The molecular weight excluding hydrogens is 230 g/mol. The van der Waals surface area contributed by atoms with Crippen LogP contribution in [0.2, 0.25) is 0 Å². The van der Waals surface area contributed by atoms with Crippen molar-refractivity contribution in [2.45, 2.75) is 33.1 Å². The number of nitrogens with zero attached hydrogens (tertiary/aromatic N) is 2. The fraction of sp³-hybridized carbons (Fsp3) is 0.385. The molecule has 1 N–H and O–H groups in total. The molecule has 0 aliphatic carbocycles. The lowest BCUT2D eigenvalue weighted by atomic mass is 10.1. The molecule has 2 rings (SSSR count). The molecule has 0 aliphatic heterocycles. The predicted molar refractivity (Wildman–Crippen MR) is 72.2 cm³/mol. The van der Waals surface area contributed by atoms with Gasteiger partial charge in [0.25, 0.3) is 0 Å². The number of nitrogens with one attached hydrogen (secondary N) is 1. The average Bonchev–Trinajstić information content (AvgIpc) is 2.71. The Labute approximate surface area is 106 Å². The van der Waals surface area contributed by atoms with Crippen molar-refractivity contribution < 1.29 is 0 Å². The second kappa shape index (κ2) is 4.84. The summed E-state index contributed by atoms with van der Waals surface area (Å²) in [5.74, 6) is 1.32. The lowest BCUT2D eigenvalue weighted by Crippen LogP contribution is -2.05. The molecule has 2 aromatic rings.